The first-order valence-corrected chi connectivity index (χ1v) is 6.02. The van der Waals surface area contributed by atoms with Gasteiger partial charge < -0.3 is 5.73 Å². The van der Waals surface area contributed by atoms with Crippen LogP contribution in [0.2, 0.25) is 0 Å². The molecule has 1 unspecified atom stereocenters. The summed E-state index contributed by atoms with van der Waals surface area (Å²) in [6.45, 7) is 6.52. The molecule has 88 valence electrons. The maximum Gasteiger partial charge on any atom is 0.0787 e. The van der Waals surface area contributed by atoms with Gasteiger partial charge in [0.15, 0.2) is 0 Å². The van der Waals surface area contributed by atoms with Crippen LogP contribution in [-0.2, 0) is 0 Å². The smallest absolute Gasteiger partial charge is 0.0787 e. The van der Waals surface area contributed by atoms with E-state index in [1.165, 1.54) is 0 Å². The van der Waals surface area contributed by atoms with Gasteiger partial charge in [-0.05, 0) is 30.2 Å². The molecule has 16 heavy (non-hydrogen) atoms. The number of rotatable bonds is 5. The molecule has 1 atom stereocenters. The van der Waals surface area contributed by atoms with Crippen LogP contribution >= 0.6 is 0 Å². The van der Waals surface area contributed by atoms with Gasteiger partial charge in [0, 0.05) is 5.69 Å². The molecule has 0 fully saturated rings. The Balaban J connectivity index is 2.90. The molecule has 0 aliphatic heterocycles. The first kappa shape index (κ1) is 12.8. The van der Waals surface area contributed by atoms with Crippen LogP contribution in [0.15, 0.2) is 29.3 Å². The highest BCUT2D eigenvalue weighted by Gasteiger charge is 2.15. The van der Waals surface area contributed by atoms with Gasteiger partial charge in [0.05, 0.1) is 6.04 Å². The standard InChI is InChI=1S/C14H22N2/c1-4-5-10-16-14(11(2)3)12-8-6-7-9-13(12)15/h6-11,14H,4-5,15H2,1-3H3. The van der Waals surface area contributed by atoms with Gasteiger partial charge in [0.25, 0.3) is 0 Å². The van der Waals surface area contributed by atoms with Gasteiger partial charge in [-0.1, -0.05) is 45.4 Å². The van der Waals surface area contributed by atoms with E-state index in [2.05, 4.69) is 31.8 Å². The van der Waals surface area contributed by atoms with Gasteiger partial charge in [-0.2, -0.15) is 0 Å². The summed E-state index contributed by atoms with van der Waals surface area (Å²) in [7, 11) is 0. The first-order valence-electron chi connectivity index (χ1n) is 6.02. The Bertz CT molecular complexity index is 342. The Hall–Kier alpha value is -1.31. The van der Waals surface area contributed by atoms with E-state index in [1.54, 1.807) is 0 Å². The third-order valence-corrected chi connectivity index (χ3v) is 2.63. The van der Waals surface area contributed by atoms with Crippen LogP contribution in [0.4, 0.5) is 5.69 Å². The van der Waals surface area contributed by atoms with E-state index < -0.39 is 0 Å². The molecule has 1 rings (SSSR count). The maximum absolute atomic E-state index is 5.99. The number of unbranched alkanes of at least 4 members (excludes halogenated alkanes) is 1. The lowest BCUT2D eigenvalue weighted by molar-refractivity contribution is 0.518. The predicted octanol–water partition coefficient (Wildman–Crippen LogP) is 3.84. The summed E-state index contributed by atoms with van der Waals surface area (Å²) in [6.07, 6.45) is 4.20. The van der Waals surface area contributed by atoms with Crippen LogP contribution in [0, 0.1) is 5.92 Å². The number of nitrogens with two attached hydrogens (primary N) is 1. The van der Waals surface area contributed by atoms with Gasteiger partial charge in [0.2, 0.25) is 0 Å². The molecular weight excluding hydrogens is 196 g/mol. The van der Waals surface area contributed by atoms with Gasteiger partial charge in [-0.15, -0.1) is 0 Å². The lowest BCUT2D eigenvalue weighted by Gasteiger charge is -2.18. The molecule has 0 aromatic heterocycles. The van der Waals surface area contributed by atoms with Crippen LogP contribution < -0.4 is 5.73 Å². The van der Waals surface area contributed by atoms with Gasteiger partial charge in [-0.3, -0.25) is 4.99 Å². The molecule has 2 nitrogen and oxygen atoms in total. The monoisotopic (exact) mass is 218 g/mol. The first-order chi connectivity index (χ1) is 7.66. The highest BCUT2D eigenvalue weighted by atomic mass is 14.8. The van der Waals surface area contributed by atoms with Crippen molar-refractivity contribution in [2.24, 2.45) is 10.9 Å². The number of nitrogens with zero attached hydrogens (tertiary/aromatic N) is 1. The quantitative estimate of drug-likeness (QED) is 0.592. The molecule has 0 saturated carbocycles. The van der Waals surface area contributed by atoms with Crippen molar-refractivity contribution in [1.29, 1.82) is 0 Å². The van der Waals surface area contributed by atoms with E-state index in [9.17, 15) is 0 Å². The van der Waals surface area contributed by atoms with E-state index >= 15 is 0 Å². The van der Waals surface area contributed by atoms with Gasteiger partial charge in [-0.25, -0.2) is 0 Å². The van der Waals surface area contributed by atoms with Crippen LogP contribution in [0.3, 0.4) is 0 Å². The van der Waals surface area contributed by atoms with Gasteiger partial charge >= 0.3 is 0 Å². The fourth-order valence-corrected chi connectivity index (χ4v) is 1.71. The van der Waals surface area contributed by atoms with Crippen molar-refractivity contribution >= 4 is 11.9 Å². The number of hydrogen-bond acceptors (Lipinski definition) is 2. The highest BCUT2D eigenvalue weighted by molar-refractivity contribution is 5.59. The van der Waals surface area contributed by atoms with Crippen molar-refractivity contribution < 1.29 is 0 Å². The number of nitrogen functional groups attached to an aromatic ring is 1. The van der Waals surface area contributed by atoms with Crippen molar-refractivity contribution in [3.05, 3.63) is 29.8 Å². The topological polar surface area (TPSA) is 38.4 Å². The molecule has 2 heteroatoms. The summed E-state index contributed by atoms with van der Waals surface area (Å²) in [5.74, 6) is 0.470. The molecule has 0 amide bonds. The third kappa shape index (κ3) is 3.37. The molecule has 0 saturated heterocycles. The minimum absolute atomic E-state index is 0.188. The Labute approximate surface area is 98.6 Å². The zero-order valence-corrected chi connectivity index (χ0v) is 10.5. The molecule has 2 N–H and O–H groups in total. The number of aliphatic imine (C=N–C) groups is 1. The Morgan fingerprint density at radius 2 is 2.00 bits per heavy atom. The van der Waals surface area contributed by atoms with Crippen molar-refractivity contribution in [3.63, 3.8) is 0 Å². The number of hydrogen-bond donors (Lipinski definition) is 1. The molecule has 1 aromatic carbocycles. The molecular formula is C14H22N2. The van der Waals surface area contributed by atoms with E-state index in [0.717, 1.165) is 24.1 Å². The zero-order valence-electron chi connectivity index (χ0n) is 10.5. The van der Waals surface area contributed by atoms with Crippen LogP contribution in [0.5, 0.6) is 0 Å². The predicted molar refractivity (Wildman–Crippen MR) is 71.8 cm³/mol. The summed E-state index contributed by atoms with van der Waals surface area (Å²) in [4.78, 5) is 4.64. The molecule has 1 aromatic rings. The summed E-state index contributed by atoms with van der Waals surface area (Å²) >= 11 is 0. The highest BCUT2D eigenvalue weighted by Crippen LogP contribution is 2.29. The Morgan fingerprint density at radius 3 is 2.56 bits per heavy atom. The minimum Gasteiger partial charge on any atom is -0.398 e. The fourth-order valence-electron chi connectivity index (χ4n) is 1.71. The largest absolute Gasteiger partial charge is 0.398 e. The second kappa shape index (κ2) is 6.31. The lowest BCUT2D eigenvalue weighted by Crippen LogP contribution is -2.07. The average molecular weight is 218 g/mol. The molecule has 0 aliphatic rings. The summed E-state index contributed by atoms with van der Waals surface area (Å²) in [6, 6.07) is 8.19. The van der Waals surface area contributed by atoms with Crippen molar-refractivity contribution in [1.82, 2.24) is 0 Å². The van der Waals surface area contributed by atoms with Crippen LogP contribution in [-0.4, -0.2) is 6.21 Å². The number of benzene rings is 1. The van der Waals surface area contributed by atoms with Gasteiger partial charge in [0.1, 0.15) is 0 Å². The van der Waals surface area contributed by atoms with Crippen LogP contribution in [0.1, 0.15) is 45.2 Å². The lowest BCUT2D eigenvalue weighted by atomic mass is 9.95. The van der Waals surface area contributed by atoms with Crippen LogP contribution in [0.25, 0.3) is 0 Å². The van der Waals surface area contributed by atoms with E-state index in [-0.39, 0.29) is 6.04 Å². The molecule has 0 aliphatic carbocycles. The average Bonchev–Trinajstić information content (AvgIpc) is 2.25. The second-order valence-corrected chi connectivity index (χ2v) is 4.44. The third-order valence-electron chi connectivity index (χ3n) is 2.63. The zero-order chi connectivity index (χ0) is 12.0. The molecule has 0 spiro atoms. The molecule has 0 radical (unpaired) electrons. The Morgan fingerprint density at radius 1 is 1.31 bits per heavy atom. The minimum atomic E-state index is 0.188. The molecule has 0 bridgehead atoms. The number of anilines is 1. The van der Waals surface area contributed by atoms with E-state index in [1.807, 2.05) is 24.4 Å². The van der Waals surface area contributed by atoms with E-state index in [4.69, 9.17) is 5.73 Å². The number of para-hydroxylation sites is 1. The Kier molecular flexibility index (Phi) is 5.03. The maximum atomic E-state index is 5.99. The van der Waals surface area contributed by atoms with E-state index in [0.29, 0.717) is 5.92 Å². The summed E-state index contributed by atoms with van der Waals surface area (Å²) in [5.41, 5.74) is 7.98. The van der Waals surface area contributed by atoms with Crippen molar-refractivity contribution in [2.45, 2.75) is 39.7 Å². The van der Waals surface area contributed by atoms with Crippen molar-refractivity contribution in [2.75, 3.05) is 5.73 Å². The fraction of sp³-hybridized carbons (Fsp3) is 0.500. The molecule has 0 heterocycles. The SMILES string of the molecule is CCCC=NC(c1ccccc1N)C(C)C. The second-order valence-electron chi connectivity index (χ2n) is 4.44. The van der Waals surface area contributed by atoms with Crippen molar-refractivity contribution in [3.8, 4) is 0 Å². The summed E-state index contributed by atoms with van der Waals surface area (Å²) < 4.78 is 0. The summed E-state index contributed by atoms with van der Waals surface area (Å²) in [5, 5.41) is 0. The normalized spacial score (nSPS) is 13.5.